The number of hydrogen-bond acceptors (Lipinski definition) is 5. The second kappa shape index (κ2) is 10.9. The minimum atomic E-state index is -3.04. The summed E-state index contributed by atoms with van der Waals surface area (Å²) in [6.45, 7) is -1.60. The molecule has 9 heteroatoms. The van der Waals surface area contributed by atoms with Crippen molar-refractivity contribution in [3.05, 3.63) is 59.4 Å². The maximum atomic E-state index is 13.5. The van der Waals surface area contributed by atoms with Gasteiger partial charge in [0.1, 0.15) is 5.82 Å². The predicted octanol–water partition coefficient (Wildman–Crippen LogP) is 3.34. The van der Waals surface area contributed by atoms with E-state index in [1.807, 2.05) is 0 Å². The second-order valence-corrected chi connectivity index (χ2v) is 5.74. The molecule has 2 rings (SSSR count). The van der Waals surface area contributed by atoms with Crippen LogP contribution in [0.1, 0.15) is 22.8 Å². The van der Waals surface area contributed by atoms with Crippen LogP contribution >= 0.6 is 0 Å². The van der Waals surface area contributed by atoms with E-state index in [1.54, 1.807) is 25.1 Å². The van der Waals surface area contributed by atoms with Gasteiger partial charge in [0.15, 0.2) is 18.1 Å². The Kier molecular flexibility index (Phi) is 8.32. The van der Waals surface area contributed by atoms with Crippen LogP contribution in [0, 0.1) is 5.82 Å². The van der Waals surface area contributed by atoms with Gasteiger partial charge in [-0.15, -0.1) is 0 Å². The van der Waals surface area contributed by atoms with E-state index in [4.69, 9.17) is 9.47 Å². The van der Waals surface area contributed by atoms with Gasteiger partial charge in [-0.1, -0.05) is 18.2 Å². The SMILES string of the molecule is CCOc1cc(C(=O)OCC(=O)NCCc2ccccc2F)ccc1OC(F)F. The van der Waals surface area contributed by atoms with Crippen LogP contribution in [-0.4, -0.2) is 38.2 Å². The fourth-order valence-electron chi connectivity index (χ4n) is 2.40. The topological polar surface area (TPSA) is 73.9 Å². The zero-order valence-electron chi connectivity index (χ0n) is 15.6. The van der Waals surface area contributed by atoms with Crippen LogP contribution < -0.4 is 14.8 Å². The van der Waals surface area contributed by atoms with Gasteiger partial charge in [-0.25, -0.2) is 9.18 Å². The van der Waals surface area contributed by atoms with Crippen LogP contribution in [0.25, 0.3) is 0 Å². The van der Waals surface area contributed by atoms with E-state index in [0.717, 1.165) is 6.07 Å². The van der Waals surface area contributed by atoms with Crippen molar-refractivity contribution in [3.63, 3.8) is 0 Å². The molecule has 0 radical (unpaired) electrons. The summed E-state index contributed by atoms with van der Waals surface area (Å²) >= 11 is 0. The van der Waals surface area contributed by atoms with Gasteiger partial charge in [0.25, 0.3) is 5.91 Å². The fraction of sp³-hybridized carbons (Fsp3) is 0.300. The number of carbonyl (C=O) groups excluding carboxylic acids is 2. The van der Waals surface area contributed by atoms with E-state index in [2.05, 4.69) is 10.1 Å². The number of alkyl halides is 2. The van der Waals surface area contributed by atoms with Crippen molar-refractivity contribution in [3.8, 4) is 11.5 Å². The molecule has 156 valence electrons. The monoisotopic (exact) mass is 411 g/mol. The van der Waals surface area contributed by atoms with E-state index < -0.39 is 25.1 Å². The van der Waals surface area contributed by atoms with Crippen LogP contribution in [0.5, 0.6) is 11.5 Å². The Hall–Kier alpha value is -3.23. The lowest BCUT2D eigenvalue weighted by Gasteiger charge is -2.12. The molecule has 0 aliphatic rings. The van der Waals surface area contributed by atoms with Crippen molar-refractivity contribution in [2.75, 3.05) is 19.8 Å². The lowest BCUT2D eigenvalue weighted by Crippen LogP contribution is -2.30. The number of rotatable bonds is 10. The van der Waals surface area contributed by atoms with Gasteiger partial charge < -0.3 is 19.5 Å². The van der Waals surface area contributed by atoms with Gasteiger partial charge in [0, 0.05) is 6.54 Å². The van der Waals surface area contributed by atoms with Crippen molar-refractivity contribution >= 4 is 11.9 Å². The van der Waals surface area contributed by atoms with E-state index in [0.29, 0.717) is 5.56 Å². The van der Waals surface area contributed by atoms with E-state index in [1.165, 1.54) is 18.2 Å². The molecule has 0 fully saturated rings. The number of halogens is 3. The Morgan fingerprint density at radius 2 is 1.86 bits per heavy atom. The van der Waals surface area contributed by atoms with Crippen molar-refractivity contribution in [1.29, 1.82) is 0 Å². The van der Waals surface area contributed by atoms with Crippen molar-refractivity contribution < 1.29 is 37.0 Å². The van der Waals surface area contributed by atoms with Crippen LogP contribution in [0.2, 0.25) is 0 Å². The van der Waals surface area contributed by atoms with Crippen LogP contribution in [0.15, 0.2) is 42.5 Å². The van der Waals surface area contributed by atoms with E-state index in [9.17, 15) is 22.8 Å². The van der Waals surface area contributed by atoms with E-state index in [-0.39, 0.29) is 42.5 Å². The fourth-order valence-corrected chi connectivity index (χ4v) is 2.40. The van der Waals surface area contributed by atoms with Gasteiger partial charge in [-0.3, -0.25) is 4.79 Å². The minimum absolute atomic E-state index is 0.00854. The third kappa shape index (κ3) is 7.02. The van der Waals surface area contributed by atoms with Gasteiger partial charge in [0.2, 0.25) is 0 Å². The molecule has 0 spiro atoms. The molecular weight excluding hydrogens is 391 g/mol. The summed E-state index contributed by atoms with van der Waals surface area (Å²) in [5.41, 5.74) is 0.466. The Labute approximate surface area is 165 Å². The van der Waals surface area contributed by atoms with Crippen LogP contribution in [-0.2, 0) is 16.0 Å². The molecule has 0 atom stereocenters. The normalized spacial score (nSPS) is 10.5. The third-order valence-corrected chi connectivity index (χ3v) is 3.70. The molecule has 0 heterocycles. The van der Waals surface area contributed by atoms with Crippen LogP contribution in [0.3, 0.4) is 0 Å². The number of benzene rings is 2. The molecule has 2 aromatic rings. The lowest BCUT2D eigenvalue weighted by molar-refractivity contribution is -0.124. The summed E-state index contributed by atoms with van der Waals surface area (Å²) in [5, 5.41) is 2.52. The number of nitrogens with one attached hydrogen (secondary N) is 1. The maximum Gasteiger partial charge on any atom is 0.387 e. The first-order valence-electron chi connectivity index (χ1n) is 8.79. The Morgan fingerprint density at radius 1 is 1.10 bits per heavy atom. The van der Waals surface area contributed by atoms with Gasteiger partial charge >= 0.3 is 12.6 Å². The zero-order valence-corrected chi connectivity index (χ0v) is 15.6. The molecule has 1 amide bonds. The molecule has 2 aromatic carbocycles. The predicted molar refractivity (Wildman–Crippen MR) is 97.6 cm³/mol. The summed E-state index contributed by atoms with van der Waals surface area (Å²) in [5.74, 6) is -2.02. The number of hydrogen-bond donors (Lipinski definition) is 1. The summed E-state index contributed by atoms with van der Waals surface area (Å²) < 4.78 is 52.7. The number of amides is 1. The molecule has 29 heavy (non-hydrogen) atoms. The summed E-state index contributed by atoms with van der Waals surface area (Å²) in [6, 6.07) is 9.77. The number of carbonyl (C=O) groups is 2. The summed E-state index contributed by atoms with van der Waals surface area (Å²) in [6.07, 6.45) is 0.287. The maximum absolute atomic E-state index is 13.5. The Balaban J connectivity index is 1.85. The molecule has 0 aromatic heterocycles. The molecule has 0 saturated carbocycles. The molecule has 1 N–H and O–H groups in total. The van der Waals surface area contributed by atoms with Crippen molar-refractivity contribution in [2.24, 2.45) is 0 Å². The quantitative estimate of drug-likeness (QED) is 0.607. The first-order valence-corrected chi connectivity index (χ1v) is 8.79. The molecule has 0 aliphatic carbocycles. The highest BCUT2D eigenvalue weighted by atomic mass is 19.3. The number of esters is 1. The van der Waals surface area contributed by atoms with Gasteiger partial charge in [-0.05, 0) is 43.2 Å². The smallest absolute Gasteiger partial charge is 0.387 e. The highest BCUT2D eigenvalue weighted by molar-refractivity contribution is 5.92. The summed E-state index contributed by atoms with van der Waals surface area (Å²) in [7, 11) is 0. The molecule has 0 unspecified atom stereocenters. The average molecular weight is 411 g/mol. The Morgan fingerprint density at radius 3 is 2.55 bits per heavy atom. The Bertz CT molecular complexity index is 845. The highest BCUT2D eigenvalue weighted by Gasteiger charge is 2.16. The second-order valence-electron chi connectivity index (χ2n) is 5.74. The zero-order chi connectivity index (χ0) is 21.2. The van der Waals surface area contributed by atoms with Crippen LogP contribution in [0.4, 0.5) is 13.2 Å². The number of ether oxygens (including phenoxy) is 3. The van der Waals surface area contributed by atoms with Gasteiger partial charge in [0.05, 0.1) is 12.2 Å². The molecule has 6 nitrogen and oxygen atoms in total. The van der Waals surface area contributed by atoms with Gasteiger partial charge in [-0.2, -0.15) is 8.78 Å². The largest absolute Gasteiger partial charge is 0.490 e. The molecule has 0 bridgehead atoms. The first-order chi connectivity index (χ1) is 13.9. The van der Waals surface area contributed by atoms with Crippen molar-refractivity contribution in [1.82, 2.24) is 5.32 Å². The lowest BCUT2D eigenvalue weighted by atomic mass is 10.1. The highest BCUT2D eigenvalue weighted by Crippen LogP contribution is 2.30. The average Bonchev–Trinajstić information content (AvgIpc) is 2.68. The molecule has 0 aliphatic heterocycles. The van der Waals surface area contributed by atoms with Crippen molar-refractivity contribution in [2.45, 2.75) is 20.0 Å². The first kappa shape index (κ1) is 22.1. The molecular formula is C20H20F3NO5. The summed E-state index contributed by atoms with van der Waals surface area (Å²) in [4.78, 5) is 23.9. The third-order valence-electron chi connectivity index (χ3n) is 3.70. The van der Waals surface area contributed by atoms with E-state index >= 15 is 0 Å². The molecule has 0 saturated heterocycles. The minimum Gasteiger partial charge on any atom is -0.490 e. The standard InChI is InChI=1S/C20H20F3NO5/c1-2-27-17-11-14(7-8-16(17)29-20(22)23)19(26)28-12-18(25)24-10-9-13-5-3-4-6-15(13)21/h3-8,11,20H,2,9-10,12H2,1H3,(H,24,25).